The number of hydrogen-bond acceptors (Lipinski definition) is 1. The molecule has 0 amide bonds. The van der Waals surface area contributed by atoms with Crippen LogP contribution in [-0.4, -0.2) is 6.61 Å². The van der Waals surface area contributed by atoms with Crippen LogP contribution in [0.2, 0.25) is 0 Å². The van der Waals surface area contributed by atoms with Crippen LogP contribution in [0.3, 0.4) is 0 Å². The summed E-state index contributed by atoms with van der Waals surface area (Å²) in [5.41, 5.74) is 0. The molecule has 0 spiro atoms. The van der Waals surface area contributed by atoms with Gasteiger partial charge >= 0.3 is 0 Å². The summed E-state index contributed by atoms with van der Waals surface area (Å²) in [6.45, 7) is 2.97. The number of hydrogen-bond donors (Lipinski definition) is 0. The predicted octanol–water partition coefficient (Wildman–Crippen LogP) is 3.81. The summed E-state index contributed by atoms with van der Waals surface area (Å²) in [5, 5.41) is 0. The first-order valence-corrected chi connectivity index (χ1v) is 5.23. The molecule has 2 radical (unpaired) electrons. The third kappa shape index (κ3) is 9.96. The third-order valence-electron chi connectivity index (χ3n) is 2.12. The molecule has 0 aliphatic heterocycles. The molecule has 0 rings (SSSR count). The lowest BCUT2D eigenvalue weighted by Gasteiger charge is -2.00. The molecule has 0 aliphatic carbocycles. The van der Waals surface area contributed by atoms with Crippen LogP contribution in [-0.2, 0) is 4.74 Å². The molecule has 12 heavy (non-hydrogen) atoms. The maximum absolute atomic E-state index is 4.91. The summed E-state index contributed by atoms with van der Waals surface area (Å²) in [5.74, 6) is 0. The molecule has 0 bridgehead atoms. The molecule has 0 aromatic heterocycles. The fourth-order valence-corrected chi connectivity index (χ4v) is 1.32. The van der Waals surface area contributed by atoms with Crippen molar-refractivity contribution in [2.45, 2.75) is 58.3 Å². The Bertz CT molecular complexity index is 61.4. The molecular weight excluding hydrogens is 148 g/mol. The monoisotopic (exact) mass is 170 g/mol. The molecule has 0 saturated heterocycles. The second-order valence-electron chi connectivity index (χ2n) is 3.35. The molecule has 0 aromatic carbocycles. The van der Waals surface area contributed by atoms with Crippen molar-refractivity contribution in [1.82, 2.24) is 0 Å². The van der Waals surface area contributed by atoms with E-state index in [0.717, 1.165) is 13.0 Å². The highest BCUT2D eigenvalue weighted by atomic mass is 16.5. The van der Waals surface area contributed by atoms with Crippen LogP contribution in [0.25, 0.3) is 0 Å². The maximum Gasteiger partial charge on any atom is 0.115 e. The Balaban J connectivity index is 2.73. The van der Waals surface area contributed by atoms with Gasteiger partial charge in [0.05, 0.1) is 0 Å². The molecule has 0 aromatic rings. The zero-order valence-electron chi connectivity index (χ0n) is 8.35. The average Bonchev–Trinajstić information content (AvgIpc) is 2.10. The molecule has 72 valence electrons. The Morgan fingerprint density at radius 3 is 1.83 bits per heavy atom. The van der Waals surface area contributed by atoms with Gasteiger partial charge in [0.2, 0.25) is 0 Å². The smallest absolute Gasteiger partial charge is 0.115 e. The molecular formula is C11H22O. The van der Waals surface area contributed by atoms with Gasteiger partial charge < -0.3 is 4.74 Å². The van der Waals surface area contributed by atoms with E-state index in [4.69, 9.17) is 7.11 Å². The fourth-order valence-electron chi connectivity index (χ4n) is 1.32. The van der Waals surface area contributed by atoms with Gasteiger partial charge in [0, 0.05) is 6.61 Å². The molecule has 0 saturated carbocycles. The molecule has 1 nitrogen and oxygen atoms in total. The van der Waals surface area contributed by atoms with Crippen LogP contribution in [0.5, 0.6) is 0 Å². The number of ether oxygens (including phenoxy) is 1. The second-order valence-corrected chi connectivity index (χ2v) is 3.35. The van der Waals surface area contributed by atoms with Crippen molar-refractivity contribution in [3.05, 3.63) is 7.11 Å². The third-order valence-corrected chi connectivity index (χ3v) is 2.12. The van der Waals surface area contributed by atoms with E-state index >= 15 is 0 Å². The van der Waals surface area contributed by atoms with Crippen molar-refractivity contribution in [1.29, 1.82) is 0 Å². The molecule has 0 unspecified atom stereocenters. The van der Waals surface area contributed by atoms with Crippen LogP contribution in [0, 0.1) is 7.11 Å². The van der Waals surface area contributed by atoms with E-state index in [0.29, 0.717) is 0 Å². The van der Waals surface area contributed by atoms with Gasteiger partial charge in [0.15, 0.2) is 0 Å². The van der Waals surface area contributed by atoms with Crippen molar-refractivity contribution in [2.75, 3.05) is 6.61 Å². The summed E-state index contributed by atoms with van der Waals surface area (Å²) in [7, 11) is 4.91. The van der Waals surface area contributed by atoms with E-state index in [1.165, 1.54) is 44.9 Å². The van der Waals surface area contributed by atoms with E-state index in [-0.39, 0.29) is 0 Å². The first-order valence-electron chi connectivity index (χ1n) is 5.23. The van der Waals surface area contributed by atoms with Crippen molar-refractivity contribution in [3.8, 4) is 0 Å². The normalized spacial score (nSPS) is 10.5. The first kappa shape index (κ1) is 12.0. The van der Waals surface area contributed by atoms with E-state index in [2.05, 4.69) is 11.7 Å². The predicted molar refractivity (Wildman–Crippen MR) is 52.9 cm³/mol. The van der Waals surface area contributed by atoms with Gasteiger partial charge in [-0.1, -0.05) is 51.9 Å². The van der Waals surface area contributed by atoms with Gasteiger partial charge in [0.1, 0.15) is 7.11 Å². The van der Waals surface area contributed by atoms with Crippen molar-refractivity contribution < 1.29 is 4.74 Å². The van der Waals surface area contributed by atoms with Crippen molar-refractivity contribution >= 4 is 0 Å². The number of unbranched alkanes of at least 4 members (excludes halogenated alkanes) is 7. The maximum atomic E-state index is 4.91. The van der Waals surface area contributed by atoms with E-state index < -0.39 is 0 Å². The van der Waals surface area contributed by atoms with E-state index in [9.17, 15) is 0 Å². The van der Waals surface area contributed by atoms with E-state index in [1.807, 2.05) is 0 Å². The minimum Gasteiger partial charge on any atom is -0.373 e. The van der Waals surface area contributed by atoms with Crippen molar-refractivity contribution in [3.63, 3.8) is 0 Å². The zero-order chi connectivity index (χ0) is 9.07. The van der Waals surface area contributed by atoms with Gasteiger partial charge in [-0.25, -0.2) is 0 Å². The Kier molecular flexibility index (Phi) is 10.9. The largest absolute Gasteiger partial charge is 0.373 e. The average molecular weight is 170 g/mol. The lowest BCUT2D eigenvalue weighted by Crippen LogP contribution is -1.86. The van der Waals surface area contributed by atoms with Crippen LogP contribution in [0.1, 0.15) is 58.3 Å². The van der Waals surface area contributed by atoms with Crippen LogP contribution in [0.15, 0.2) is 0 Å². The van der Waals surface area contributed by atoms with Gasteiger partial charge in [0.25, 0.3) is 0 Å². The van der Waals surface area contributed by atoms with Crippen LogP contribution >= 0.6 is 0 Å². The molecule has 0 N–H and O–H groups in total. The summed E-state index contributed by atoms with van der Waals surface area (Å²) >= 11 is 0. The quantitative estimate of drug-likeness (QED) is 0.478. The Labute approximate surface area is 77.5 Å². The lowest BCUT2D eigenvalue weighted by molar-refractivity contribution is 0.233. The number of rotatable bonds is 9. The molecule has 1 heteroatoms. The highest BCUT2D eigenvalue weighted by Gasteiger charge is 1.90. The SMILES string of the molecule is [CH]OCCCCCCCCCC. The Morgan fingerprint density at radius 2 is 1.33 bits per heavy atom. The fraction of sp³-hybridized carbons (Fsp3) is 0.909. The Hall–Kier alpha value is -0.0400. The minimum atomic E-state index is 0.717. The van der Waals surface area contributed by atoms with Gasteiger partial charge in [-0.05, 0) is 6.42 Å². The lowest BCUT2D eigenvalue weighted by atomic mass is 10.1. The van der Waals surface area contributed by atoms with Crippen LogP contribution in [0.4, 0.5) is 0 Å². The zero-order valence-corrected chi connectivity index (χ0v) is 8.35. The van der Waals surface area contributed by atoms with Gasteiger partial charge in [-0.3, -0.25) is 0 Å². The highest BCUT2D eigenvalue weighted by Crippen LogP contribution is 2.07. The summed E-state index contributed by atoms with van der Waals surface area (Å²) in [6, 6.07) is 0. The molecule has 0 fully saturated rings. The summed E-state index contributed by atoms with van der Waals surface area (Å²) in [4.78, 5) is 0. The van der Waals surface area contributed by atoms with Crippen molar-refractivity contribution in [2.24, 2.45) is 0 Å². The van der Waals surface area contributed by atoms with Crippen LogP contribution < -0.4 is 0 Å². The highest BCUT2D eigenvalue weighted by molar-refractivity contribution is 4.45. The summed E-state index contributed by atoms with van der Waals surface area (Å²) < 4.78 is 4.49. The van der Waals surface area contributed by atoms with E-state index in [1.54, 1.807) is 0 Å². The Morgan fingerprint density at radius 1 is 0.833 bits per heavy atom. The summed E-state index contributed by atoms with van der Waals surface area (Å²) in [6.07, 6.45) is 10.6. The minimum absolute atomic E-state index is 0.717. The topological polar surface area (TPSA) is 9.23 Å². The molecule has 0 heterocycles. The van der Waals surface area contributed by atoms with Gasteiger partial charge in [-0.2, -0.15) is 0 Å². The van der Waals surface area contributed by atoms with Gasteiger partial charge in [-0.15, -0.1) is 0 Å². The molecule has 0 aliphatic rings. The standard InChI is InChI=1S/C11H22O/c1-3-4-5-6-7-8-9-10-11-12-2/h2H,3-11H2,1H3. The first-order chi connectivity index (χ1) is 5.91. The second kappa shape index (κ2) is 11.0. The molecule has 0 atom stereocenters.